The van der Waals surface area contributed by atoms with E-state index < -0.39 is 0 Å². The van der Waals surface area contributed by atoms with Crippen molar-refractivity contribution in [2.45, 2.75) is 12.5 Å². The highest BCUT2D eigenvalue weighted by Gasteiger charge is 2.25. The zero-order valence-corrected chi connectivity index (χ0v) is 9.25. The summed E-state index contributed by atoms with van der Waals surface area (Å²) in [7, 11) is 1.79. The number of furan rings is 1. The highest BCUT2D eigenvalue weighted by atomic mass is 35.5. The Morgan fingerprint density at radius 1 is 1.67 bits per heavy atom. The van der Waals surface area contributed by atoms with Crippen molar-refractivity contribution in [2.24, 2.45) is 0 Å². The molecule has 1 amide bonds. The first-order valence-corrected chi connectivity index (χ1v) is 5.29. The van der Waals surface area contributed by atoms with Crippen molar-refractivity contribution >= 4 is 17.5 Å². The lowest BCUT2D eigenvalue weighted by Gasteiger charge is -2.22. The predicted octanol–water partition coefficient (Wildman–Crippen LogP) is 1.37. The van der Waals surface area contributed by atoms with Crippen LogP contribution in [0.3, 0.4) is 0 Å². The largest absolute Gasteiger partial charge is 0.440 e. The minimum atomic E-state index is -0.115. The second kappa shape index (κ2) is 4.24. The van der Waals surface area contributed by atoms with Gasteiger partial charge in [-0.1, -0.05) is 0 Å². The summed E-state index contributed by atoms with van der Waals surface area (Å²) in [5, 5.41) is 3.46. The highest BCUT2D eigenvalue weighted by Crippen LogP contribution is 2.16. The molecule has 2 rings (SSSR count). The lowest BCUT2D eigenvalue weighted by molar-refractivity contribution is 0.0712. The summed E-state index contributed by atoms with van der Waals surface area (Å²) >= 11 is 5.62. The van der Waals surface area contributed by atoms with Crippen molar-refractivity contribution in [1.82, 2.24) is 10.2 Å². The van der Waals surface area contributed by atoms with Crippen molar-refractivity contribution in [3.8, 4) is 0 Å². The summed E-state index contributed by atoms with van der Waals surface area (Å²) < 4.78 is 5.08. The molecular formula is C10H13ClN2O2. The van der Waals surface area contributed by atoms with Gasteiger partial charge in [0.1, 0.15) is 0 Å². The first-order valence-electron chi connectivity index (χ1n) is 4.91. The van der Waals surface area contributed by atoms with E-state index in [9.17, 15) is 4.79 Å². The molecule has 15 heavy (non-hydrogen) atoms. The van der Waals surface area contributed by atoms with Gasteiger partial charge in [0.25, 0.3) is 5.91 Å². The monoisotopic (exact) mass is 228 g/mol. The summed E-state index contributed by atoms with van der Waals surface area (Å²) in [5.41, 5.74) is 0. The molecule has 0 spiro atoms. The van der Waals surface area contributed by atoms with Crippen LogP contribution in [-0.4, -0.2) is 37.0 Å². The van der Waals surface area contributed by atoms with Crippen molar-refractivity contribution in [2.75, 3.05) is 20.1 Å². The van der Waals surface area contributed by atoms with Gasteiger partial charge in [-0.3, -0.25) is 4.79 Å². The first-order chi connectivity index (χ1) is 7.18. The number of nitrogens with zero attached hydrogens (tertiary/aromatic N) is 1. The Balaban J connectivity index is 2.06. The normalized spacial score (nSPS) is 20.5. The standard InChI is InChI=1S/C10H13ClN2O2/c1-13(7-4-5-12-6-7)10(14)8-2-3-9(11)15-8/h2-3,7,12H,4-6H2,1H3. The second-order valence-corrected chi connectivity index (χ2v) is 4.04. The highest BCUT2D eigenvalue weighted by molar-refractivity contribution is 6.29. The Labute approximate surface area is 93.2 Å². The van der Waals surface area contributed by atoms with Gasteiger partial charge in [-0.05, 0) is 36.7 Å². The Kier molecular flexibility index (Phi) is 2.98. The van der Waals surface area contributed by atoms with Crippen LogP contribution in [0.4, 0.5) is 0 Å². The number of hydrogen-bond donors (Lipinski definition) is 1. The number of amides is 1. The van der Waals surface area contributed by atoms with E-state index in [4.69, 9.17) is 16.0 Å². The van der Waals surface area contributed by atoms with Gasteiger partial charge in [0.05, 0.1) is 0 Å². The third-order valence-corrected chi connectivity index (χ3v) is 2.89. The van der Waals surface area contributed by atoms with Crippen molar-refractivity contribution in [3.63, 3.8) is 0 Å². The fourth-order valence-corrected chi connectivity index (χ4v) is 1.88. The van der Waals surface area contributed by atoms with Crippen LogP contribution < -0.4 is 5.32 Å². The molecule has 82 valence electrons. The van der Waals surface area contributed by atoms with E-state index in [2.05, 4.69) is 5.32 Å². The minimum Gasteiger partial charge on any atom is -0.440 e. The van der Waals surface area contributed by atoms with Crippen molar-refractivity contribution in [1.29, 1.82) is 0 Å². The van der Waals surface area contributed by atoms with E-state index in [0.29, 0.717) is 5.76 Å². The number of carbonyl (C=O) groups is 1. The van der Waals surface area contributed by atoms with Crippen LogP contribution >= 0.6 is 11.6 Å². The Morgan fingerprint density at radius 3 is 3.00 bits per heavy atom. The Morgan fingerprint density at radius 2 is 2.47 bits per heavy atom. The molecule has 1 aliphatic rings. The van der Waals surface area contributed by atoms with Gasteiger partial charge in [-0.15, -0.1) is 0 Å². The maximum Gasteiger partial charge on any atom is 0.289 e. The van der Waals surface area contributed by atoms with Gasteiger partial charge in [0, 0.05) is 19.6 Å². The maximum absolute atomic E-state index is 11.9. The van der Waals surface area contributed by atoms with Gasteiger partial charge in [0.2, 0.25) is 0 Å². The van der Waals surface area contributed by atoms with Crippen LogP contribution in [0.5, 0.6) is 0 Å². The van der Waals surface area contributed by atoms with E-state index in [1.165, 1.54) is 0 Å². The molecule has 5 heteroatoms. The van der Waals surface area contributed by atoms with E-state index in [1.54, 1.807) is 24.1 Å². The van der Waals surface area contributed by atoms with E-state index in [0.717, 1.165) is 19.5 Å². The molecule has 1 fully saturated rings. The third kappa shape index (κ3) is 2.16. The average Bonchev–Trinajstić information content (AvgIpc) is 2.85. The topological polar surface area (TPSA) is 45.5 Å². The SMILES string of the molecule is CN(C(=O)c1ccc(Cl)o1)C1CCNC1. The maximum atomic E-state index is 11.9. The number of hydrogen-bond acceptors (Lipinski definition) is 3. The van der Waals surface area contributed by atoms with Crippen molar-refractivity contribution < 1.29 is 9.21 Å². The van der Waals surface area contributed by atoms with E-state index in [1.807, 2.05) is 0 Å². The summed E-state index contributed by atoms with van der Waals surface area (Å²) in [6.07, 6.45) is 0.983. The third-order valence-electron chi connectivity index (χ3n) is 2.69. The lowest BCUT2D eigenvalue weighted by Crippen LogP contribution is -2.38. The Bertz CT molecular complexity index is 358. The molecule has 0 bridgehead atoms. The molecule has 0 radical (unpaired) electrons. The summed E-state index contributed by atoms with van der Waals surface area (Å²) in [6.45, 7) is 1.80. The van der Waals surface area contributed by atoms with Gasteiger partial charge in [0.15, 0.2) is 11.0 Å². The molecule has 1 atom stereocenters. The zero-order valence-electron chi connectivity index (χ0n) is 8.50. The molecule has 0 aliphatic carbocycles. The minimum absolute atomic E-state index is 0.115. The van der Waals surface area contributed by atoms with Gasteiger partial charge in [-0.2, -0.15) is 0 Å². The van der Waals surface area contributed by atoms with Crippen LogP contribution in [0.1, 0.15) is 17.0 Å². The zero-order chi connectivity index (χ0) is 10.8. The fourth-order valence-electron chi connectivity index (χ4n) is 1.74. The average molecular weight is 229 g/mol. The Hall–Kier alpha value is -1.00. The molecule has 1 unspecified atom stereocenters. The molecule has 0 aromatic carbocycles. The number of rotatable bonds is 2. The van der Waals surface area contributed by atoms with E-state index in [-0.39, 0.29) is 17.2 Å². The molecular weight excluding hydrogens is 216 g/mol. The summed E-state index contributed by atoms with van der Waals surface area (Å²) in [5.74, 6) is 0.185. The first kappa shape index (κ1) is 10.5. The molecule has 0 saturated carbocycles. The van der Waals surface area contributed by atoms with Crippen LogP contribution in [-0.2, 0) is 0 Å². The lowest BCUT2D eigenvalue weighted by atomic mass is 10.2. The number of halogens is 1. The number of likely N-dealkylation sites (N-methyl/N-ethyl adjacent to an activating group) is 1. The van der Waals surface area contributed by atoms with E-state index >= 15 is 0 Å². The molecule has 1 saturated heterocycles. The van der Waals surface area contributed by atoms with Gasteiger partial charge < -0.3 is 14.6 Å². The molecule has 1 aromatic rings. The summed E-state index contributed by atoms with van der Waals surface area (Å²) in [6, 6.07) is 3.43. The molecule has 2 heterocycles. The van der Waals surface area contributed by atoms with Crippen LogP contribution in [0, 0.1) is 0 Å². The van der Waals surface area contributed by atoms with Gasteiger partial charge >= 0.3 is 0 Å². The van der Waals surface area contributed by atoms with Gasteiger partial charge in [-0.25, -0.2) is 0 Å². The second-order valence-electron chi connectivity index (χ2n) is 3.67. The molecule has 1 aromatic heterocycles. The van der Waals surface area contributed by atoms with Crippen LogP contribution in [0.15, 0.2) is 16.5 Å². The van der Waals surface area contributed by atoms with Crippen LogP contribution in [0.25, 0.3) is 0 Å². The van der Waals surface area contributed by atoms with Crippen LogP contribution in [0.2, 0.25) is 5.22 Å². The molecule has 1 N–H and O–H groups in total. The fraction of sp³-hybridized carbons (Fsp3) is 0.500. The van der Waals surface area contributed by atoms with Crippen molar-refractivity contribution in [3.05, 3.63) is 23.1 Å². The predicted molar refractivity (Wildman–Crippen MR) is 57.1 cm³/mol. The smallest absolute Gasteiger partial charge is 0.289 e. The summed E-state index contributed by atoms with van der Waals surface area (Å²) in [4.78, 5) is 13.6. The molecule has 4 nitrogen and oxygen atoms in total. The quantitative estimate of drug-likeness (QED) is 0.832. The number of nitrogens with one attached hydrogen (secondary N) is 1. The molecule has 1 aliphatic heterocycles. The number of carbonyl (C=O) groups excluding carboxylic acids is 1.